The minimum Gasteiger partial charge on any atom is -0.341 e. The Hall–Kier alpha value is -2.42. The molecule has 0 saturated carbocycles. The lowest BCUT2D eigenvalue weighted by molar-refractivity contribution is 0.568. The molecular formula is C19H19N3. The van der Waals surface area contributed by atoms with Crippen LogP contribution in [0.5, 0.6) is 0 Å². The van der Waals surface area contributed by atoms with Crippen LogP contribution in [0.3, 0.4) is 0 Å². The van der Waals surface area contributed by atoms with Gasteiger partial charge in [-0.3, -0.25) is 0 Å². The molecule has 2 heterocycles. The third kappa shape index (κ3) is 2.54. The summed E-state index contributed by atoms with van der Waals surface area (Å²) in [5, 5.41) is 2.51. The number of fused-ring (bicyclic) bond motifs is 1. The minimum atomic E-state index is 0.866. The molecule has 1 aromatic heterocycles. The van der Waals surface area contributed by atoms with Gasteiger partial charge in [-0.2, -0.15) is 0 Å². The van der Waals surface area contributed by atoms with Crippen LogP contribution in [0.4, 0.5) is 5.95 Å². The highest BCUT2D eigenvalue weighted by Crippen LogP contribution is 2.24. The summed E-state index contributed by atoms with van der Waals surface area (Å²) in [4.78, 5) is 11.6. The molecule has 0 radical (unpaired) electrons. The van der Waals surface area contributed by atoms with Crippen LogP contribution < -0.4 is 4.90 Å². The maximum absolute atomic E-state index is 4.79. The summed E-state index contributed by atoms with van der Waals surface area (Å²) in [6, 6.07) is 16.9. The Kier molecular flexibility index (Phi) is 3.47. The third-order valence-electron chi connectivity index (χ3n) is 4.33. The first-order valence-electron chi connectivity index (χ1n) is 7.97. The molecule has 1 aliphatic heterocycles. The predicted molar refractivity (Wildman–Crippen MR) is 91.0 cm³/mol. The molecule has 1 aliphatic rings. The molecule has 0 unspecified atom stereocenters. The van der Waals surface area contributed by atoms with Crippen molar-refractivity contribution in [3.8, 4) is 11.3 Å². The molecule has 0 aliphatic carbocycles. The first kappa shape index (κ1) is 13.3. The van der Waals surface area contributed by atoms with E-state index in [9.17, 15) is 0 Å². The van der Waals surface area contributed by atoms with E-state index in [1.165, 1.54) is 30.0 Å². The lowest BCUT2D eigenvalue weighted by atomic mass is 10.1. The van der Waals surface area contributed by atoms with Gasteiger partial charge in [0, 0.05) is 24.8 Å². The van der Waals surface area contributed by atoms with Crippen LogP contribution in [0.2, 0.25) is 0 Å². The highest BCUT2D eigenvalue weighted by molar-refractivity contribution is 5.86. The topological polar surface area (TPSA) is 29.0 Å². The molecule has 1 saturated heterocycles. The van der Waals surface area contributed by atoms with E-state index in [1.54, 1.807) is 0 Å². The SMILES string of the molecule is c1ccc2cc(-c3ccnc(N4CCCCC4)n3)ccc2c1. The standard InChI is InChI=1S/C19H19N3/c1-4-12-22(13-5-1)19-20-11-10-18(21-19)17-9-8-15-6-2-3-7-16(15)14-17/h2-3,6-11,14H,1,4-5,12-13H2. The van der Waals surface area contributed by atoms with Gasteiger partial charge in [-0.15, -0.1) is 0 Å². The van der Waals surface area contributed by atoms with Crippen LogP contribution in [0.1, 0.15) is 19.3 Å². The van der Waals surface area contributed by atoms with Gasteiger partial charge in [-0.25, -0.2) is 9.97 Å². The van der Waals surface area contributed by atoms with Crippen molar-refractivity contribution in [2.45, 2.75) is 19.3 Å². The number of anilines is 1. The van der Waals surface area contributed by atoms with Crippen LogP contribution in [0.15, 0.2) is 54.7 Å². The lowest BCUT2D eigenvalue weighted by Crippen LogP contribution is -2.30. The van der Waals surface area contributed by atoms with Gasteiger partial charge < -0.3 is 4.90 Å². The predicted octanol–water partition coefficient (Wildman–Crippen LogP) is 4.29. The molecule has 22 heavy (non-hydrogen) atoms. The second-order valence-corrected chi connectivity index (χ2v) is 5.85. The van der Waals surface area contributed by atoms with E-state index in [2.05, 4.69) is 52.3 Å². The molecule has 0 spiro atoms. The van der Waals surface area contributed by atoms with Crippen molar-refractivity contribution >= 4 is 16.7 Å². The monoisotopic (exact) mass is 289 g/mol. The Bertz CT molecular complexity index is 791. The fourth-order valence-electron chi connectivity index (χ4n) is 3.10. The van der Waals surface area contributed by atoms with E-state index in [-0.39, 0.29) is 0 Å². The van der Waals surface area contributed by atoms with Gasteiger partial charge in [0.05, 0.1) is 5.69 Å². The Morgan fingerprint density at radius 3 is 2.50 bits per heavy atom. The number of hydrogen-bond acceptors (Lipinski definition) is 3. The van der Waals surface area contributed by atoms with Gasteiger partial charge in [0.25, 0.3) is 0 Å². The zero-order valence-electron chi connectivity index (χ0n) is 12.6. The summed E-state index contributed by atoms with van der Waals surface area (Å²) in [6.45, 7) is 2.14. The normalized spacial score (nSPS) is 15.2. The Labute approximate surface area is 130 Å². The zero-order chi connectivity index (χ0) is 14.8. The first-order chi connectivity index (χ1) is 10.9. The van der Waals surface area contributed by atoms with Crippen LogP contribution in [-0.2, 0) is 0 Å². The summed E-state index contributed by atoms with van der Waals surface area (Å²) in [6.07, 6.45) is 5.68. The average Bonchev–Trinajstić information content (AvgIpc) is 2.62. The van der Waals surface area contributed by atoms with E-state index < -0.39 is 0 Å². The molecule has 2 aromatic carbocycles. The van der Waals surface area contributed by atoms with Crippen LogP contribution in [-0.4, -0.2) is 23.1 Å². The molecule has 110 valence electrons. The first-order valence-corrected chi connectivity index (χ1v) is 7.97. The molecular weight excluding hydrogens is 270 g/mol. The molecule has 3 nitrogen and oxygen atoms in total. The molecule has 0 atom stereocenters. The molecule has 0 bridgehead atoms. The van der Waals surface area contributed by atoms with Crippen molar-refractivity contribution in [3.63, 3.8) is 0 Å². The summed E-state index contributed by atoms with van der Waals surface area (Å²) < 4.78 is 0. The van der Waals surface area contributed by atoms with Crippen molar-refractivity contribution in [2.75, 3.05) is 18.0 Å². The number of hydrogen-bond donors (Lipinski definition) is 0. The number of benzene rings is 2. The summed E-state index contributed by atoms with van der Waals surface area (Å²) >= 11 is 0. The van der Waals surface area contributed by atoms with Crippen molar-refractivity contribution in [2.24, 2.45) is 0 Å². The Morgan fingerprint density at radius 1 is 0.818 bits per heavy atom. The smallest absolute Gasteiger partial charge is 0.225 e. The lowest BCUT2D eigenvalue weighted by Gasteiger charge is -2.26. The number of piperidine rings is 1. The van der Waals surface area contributed by atoms with E-state index in [1.807, 2.05) is 12.3 Å². The maximum atomic E-state index is 4.79. The van der Waals surface area contributed by atoms with Crippen molar-refractivity contribution in [1.82, 2.24) is 9.97 Å². The second-order valence-electron chi connectivity index (χ2n) is 5.85. The van der Waals surface area contributed by atoms with Crippen LogP contribution >= 0.6 is 0 Å². The fourth-order valence-corrected chi connectivity index (χ4v) is 3.10. The molecule has 0 N–H and O–H groups in total. The van der Waals surface area contributed by atoms with Crippen LogP contribution in [0, 0.1) is 0 Å². The van der Waals surface area contributed by atoms with Gasteiger partial charge in [-0.1, -0.05) is 36.4 Å². The number of aromatic nitrogens is 2. The van der Waals surface area contributed by atoms with Gasteiger partial charge in [-0.05, 0) is 42.2 Å². The molecule has 4 rings (SSSR count). The molecule has 3 aromatic rings. The third-order valence-corrected chi connectivity index (χ3v) is 4.33. The zero-order valence-corrected chi connectivity index (χ0v) is 12.6. The van der Waals surface area contributed by atoms with Gasteiger partial charge in [0.2, 0.25) is 5.95 Å². The molecule has 0 amide bonds. The molecule has 3 heteroatoms. The van der Waals surface area contributed by atoms with Gasteiger partial charge in [0.15, 0.2) is 0 Å². The van der Waals surface area contributed by atoms with Crippen LogP contribution in [0.25, 0.3) is 22.0 Å². The Morgan fingerprint density at radius 2 is 1.64 bits per heavy atom. The largest absolute Gasteiger partial charge is 0.341 e. The van der Waals surface area contributed by atoms with E-state index >= 15 is 0 Å². The van der Waals surface area contributed by atoms with Gasteiger partial charge in [0.1, 0.15) is 0 Å². The average molecular weight is 289 g/mol. The number of rotatable bonds is 2. The minimum absolute atomic E-state index is 0.866. The van der Waals surface area contributed by atoms with Crippen molar-refractivity contribution in [1.29, 1.82) is 0 Å². The van der Waals surface area contributed by atoms with Crippen molar-refractivity contribution < 1.29 is 0 Å². The summed E-state index contributed by atoms with van der Waals surface area (Å²) in [5.74, 6) is 0.866. The quantitative estimate of drug-likeness (QED) is 0.705. The number of nitrogens with zero attached hydrogens (tertiary/aromatic N) is 3. The Balaban J connectivity index is 1.71. The van der Waals surface area contributed by atoms with E-state index in [4.69, 9.17) is 4.98 Å². The fraction of sp³-hybridized carbons (Fsp3) is 0.263. The van der Waals surface area contributed by atoms with E-state index in [0.29, 0.717) is 0 Å². The summed E-state index contributed by atoms with van der Waals surface area (Å²) in [5.41, 5.74) is 2.15. The molecule has 1 fully saturated rings. The maximum Gasteiger partial charge on any atom is 0.225 e. The second kappa shape index (κ2) is 5.76. The summed E-state index contributed by atoms with van der Waals surface area (Å²) in [7, 11) is 0. The highest BCUT2D eigenvalue weighted by atomic mass is 15.2. The van der Waals surface area contributed by atoms with Gasteiger partial charge >= 0.3 is 0 Å². The van der Waals surface area contributed by atoms with E-state index in [0.717, 1.165) is 30.3 Å². The highest BCUT2D eigenvalue weighted by Gasteiger charge is 2.14. The van der Waals surface area contributed by atoms with Crippen molar-refractivity contribution in [3.05, 3.63) is 54.7 Å².